The van der Waals surface area contributed by atoms with Gasteiger partial charge in [-0.3, -0.25) is 4.99 Å². The SMILES string of the molecule is CC1(C)C=C(C(C(F)(F)F)C(F)(F)F)OC1=NC1CCCCC1. The second kappa shape index (κ2) is 6.02. The van der Waals surface area contributed by atoms with E-state index in [1.165, 1.54) is 13.8 Å². The molecule has 0 aromatic heterocycles. The molecule has 2 aliphatic rings. The molecule has 0 atom stereocenters. The van der Waals surface area contributed by atoms with Crippen molar-refractivity contribution in [2.75, 3.05) is 0 Å². The molecular weight excluding hydrogens is 324 g/mol. The average molecular weight is 343 g/mol. The van der Waals surface area contributed by atoms with Crippen LogP contribution in [0.1, 0.15) is 46.0 Å². The molecule has 1 saturated carbocycles. The molecule has 1 aliphatic heterocycles. The Labute approximate surface area is 130 Å². The van der Waals surface area contributed by atoms with Gasteiger partial charge in [-0.25, -0.2) is 0 Å². The van der Waals surface area contributed by atoms with Crippen LogP contribution in [0, 0.1) is 11.3 Å². The van der Waals surface area contributed by atoms with Crippen LogP contribution in [0.25, 0.3) is 0 Å². The van der Waals surface area contributed by atoms with Crippen molar-refractivity contribution in [2.24, 2.45) is 16.3 Å². The van der Waals surface area contributed by atoms with Crippen molar-refractivity contribution in [3.05, 3.63) is 11.8 Å². The van der Waals surface area contributed by atoms with Crippen molar-refractivity contribution < 1.29 is 31.1 Å². The van der Waals surface area contributed by atoms with E-state index >= 15 is 0 Å². The third kappa shape index (κ3) is 4.20. The van der Waals surface area contributed by atoms with Crippen LogP contribution in [0.4, 0.5) is 26.3 Å². The van der Waals surface area contributed by atoms with Crippen LogP contribution in [-0.4, -0.2) is 24.3 Å². The Kier molecular flexibility index (Phi) is 4.74. The zero-order chi connectivity index (χ0) is 17.5. The van der Waals surface area contributed by atoms with Crippen molar-refractivity contribution in [2.45, 2.75) is 64.3 Å². The summed E-state index contributed by atoms with van der Waals surface area (Å²) in [6, 6.07) is -0.0963. The summed E-state index contributed by atoms with van der Waals surface area (Å²) in [5.74, 6) is -4.80. The van der Waals surface area contributed by atoms with Gasteiger partial charge in [0.05, 0.1) is 11.5 Å². The number of ether oxygens (including phenoxy) is 1. The van der Waals surface area contributed by atoms with Gasteiger partial charge in [0, 0.05) is 0 Å². The van der Waals surface area contributed by atoms with Crippen LogP contribution in [0.5, 0.6) is 0 Å². The third-order valence-corrected chi connectivity index (χ3v) is 4.08. The normalized spacial score (nSPS) is 24.9. The van der Waals surface area contributed by atoms with Crippen molar-refractivity contribution in [3.63, 3.8) is 0 Å². The van der Waals surface area contributed by atoms with Gasteiger partial charge >= 0.3 is 12.4 Å². The van der Waals surface area contributed by atoms with Gasteiger partial charge in [-0.2, -0.15) is 26.3 Å². The van der Waals surface area contributed by atoms with E-state index in [0.29, 0.717) is 0 Å². The van der Waals surface area contributed by atoms with Gasteiger partial charge < -0.3 is 4.74 Å². The standard InChI is InChI=1S/C15H19F6NO/c1-13(2)8-10(11(14(16,17)18)15(19,20)21)23-12(13)22-9-6-4-3-5-7-9/h8-9,11H,3-7H2,1-2H3. The number of allylic oxidation sites excluding steroid dienone is 1. The molecule has 2 nitrogen and oxygen atoms in total. The number of hydrogen-bond acceptors (Lipinski definition) is 2. The van der Waals surface area contributed by atoms with Crippen LogP contribution in [0.3, 0.4) is 0 Å². The van der Waals surface area contributed by atoms with Crippen molar-refractivity contribution in [1.82, 2.24) is 0 Å². The van der Waals surface area contributed by atoms with Crippen LogP contribution >= 0.6 is 0 Å². The summed E-state index contributed by atoms with van der Waals surface area (Å²) in [5.41, 5.74) is -1.08. The zero-order valence-electron chi connectivity index (χ0n) is 12.9. The van der Waals surface area contributed by atoms with Crippen LogP contribution in [0.2, 0.25) is 0 Å². The van der Waals surface area contributed by atoms with Crippen LogP contribution in [-0.2, 0) is 4.74 Å². The fraction of sp³-hybridized carbons (Fsp3) is 0.800. The Morgan fingerprint density at radius 3 is 2.04 bits per heavy atom. The first kappa shape index (κ1) is 18.1. The van der Waals surface area contributed by atoms with Crippen molar-refractivity contribution >= 4 is 5.90 Å². The van der Waals surface area contributed by atoms with E-state index in [1.807, 2.05) is 0 Å². The lowest BCUT2D eigenvalue weighted by Crippen LogP contribution is -2.38. The first-order valence-electron chi connectivity index (χ1n) is 7.53. The second-order valence-corrected chi connectivity index (χ2v) is 6.61. The topological polar surface area (TPSA) is 21.6 Å². The molecule has 1 heterocycles. The quantitative estimate of drug-likeness (QED) is 0.615. The van der Waals surface area contributed by atoms with E-state index in [9.17, 15) is 26.3 Å². The highest BCUT2D eigenvalue weighted by atomic mass is 19.4. The molecule has 0 bridgehead atoms. The second-order valence-electron chi connectivity index (χ2n) is 6.61. The third-order valence-electron chi connectivity index (χ3n) is 4.08. The fourth-order valence-electron chi connectivity index (χ4n) is 2.91. The summed E-state index contributed by atoms with van der Waals surface area (Å²) in [5, 5.41) is 0. The molecule has 0 unspecified atom stereocenters. The van der Waals surface area contributed by atoms with E-state index < -0.39 is 29.4 Å². The molecule has 0 aromatic rings. The van der Waals surface area contributed by atoms with E-state index in [1.54, 1.807) is 0 Å². The maximum atomic E-state index is 12.8. The Bertz CT molecular complexity index is 483. The first-order valence-corrected chi connectivity index (χ1v) is 7.53. The molecule has 132 valence electrons. The summed E-state index contributed by atoms with van der Waals surface area (Å²) in [4.78, 5) is 4.29. The minimum atomic E-state index is -5.46. The molecule has 8 heteroatoms. The van der Waals surface area contributed by atoms with E-state index in [0.717, 1.165) is 38.2 Å². The van der Waals surface area contributed by atoms with E-state index in [2.05, 4.69) is 4.99 Å². The Balaban J connectivity index is 2.27. The summed E-state index contributed by atoms with van der Waals surface area (Å²) in [6.45, 7) is 3.01. The molecule has 1 fully saturated rings. The van der Waals surface area contributed by atoms with Crippen LogP contribution < -0.4 is 0 Å². The Morgan fingerprint density at radius 1 is 1.04 bits per heavy atom. The predicted octanol–water partition coefficient (Wildman–Crippen LogP) is 5.40. The molecule has 0 N–H and O–H groups in total. The maximum Gasteiger partial charge on any atom is 0.407 e. The number of halogens is 6. The number of aliphatic imine (C=N–C) groups is 1. The smallest absolute Gasteiger partial charge is 0.407 e. The number of hydrogen-bond donors (Lipinski definition) is 0. The summed E-state index contributed by atoms with van der Waals surface area (Å²) < 4.78 is 81.9. The van der Waals surface area contributed by atoms with Gasteiger partial charge in [-0.15, -0.1) is 0 Å². The highest BCUT2D eigenvalue weighted by Gasteiger charge is 2.61. The van der Waals surface area contributed by atoms with E-state index in [4.69, 9.17) is 4.74 Å². The average Bonchev–Trinajstić information content (AvgIpc) is 2.61. The van der Waals surface area contributed by atoms with Gasteiger partial charge in [-0.1, -0.05) is 19.3 Å². The predicted molar refractivity (Wildman–Crippen MR) is 72.9 cm³/mol. The number of nitrogens with zero attached hydrogens (tertiary/aromatic N) is 1. The summed E-state index contributed by atoms with van der Waals surface area (Å²) >= 11 is 0. The van der Waals surface area contributed by atoms with E-state index in [-0.39, 0.29) is 11.9 Å². The lowest BCUT2D eigenvalue weighted by molar-refractivity contribution is -0.277. The molecule has 0 radical (unpaired) electrons. The minimum Gasteiger partial charge on any atom is -0.446 e. The molecule has 0 aromatic carbocycles. The largest absolute Gasteiger partial charge is 0.446 e. The highest BCUT2D eigenvalue weighted by molar-refractivity contribution is 5.87. The van der Waals surface area contributed by atoms with Gasteiger partial charge in [0.1, 0.15) is 5.76 Å². The molecule has 1 aliphatic carbocycles. The zero-order valence-corrected chi connectivity index (χ0v) is 12.9. The number of rotatable bonds is 2. The summed E-state index contributed by atoms with van der Waals surface area (Å²) in [7, 11) is 0. The Hall–Kier alpha value is -1.21. The highest BCUT2D eigenvalue weighted by Crippen LogP contribution is 2.48. The van der Waals surface area contributed by atoms with Crippen molar-refractivity contribution in [3.8, 4) is 0 Å². The molecule has 2 rings (SSSR count). The van der Waals surface area contributed by atoms with Gasteiger partial charge in [0.15, 0.2) is 5.90 Å². The lowest BCUT2D eigenvalue weighted by Gasteiger charge is -2.24. The van der Waals surface area contributed by atoms with Gasteiger partial charge in [-0.05, 0) is 32.8 Å². The molecule has 23 heavy (non-hydrogen) atoms. The molecule has 0 spiro atoms. The Morgan fingerprint density at radius 2 is 1.57 bits per heavy atom. The minimum absolute atomic E-state index is 0.0575. The molecule has 0 amide bonds. The van der Waals surface area contributed by atoms with Gasteiger partial charge in [0.25, 0.3) is 0 Å². The van der Waals surface area contributed by atoms with Crippen LogP contribution in [0.15, 0.2) is 16.8 Å². The monoisotopic (exact) mass is 343 g/mol. The summed E-state index contributed by atoms with van der Waals surface area (Å²) in [6.07, 6.45) is -5.49. The molecule has 0 saturated heterocycles. The number of alkyl halides is 6. The fourth-order valence-corrected chi connectivity index (χ4v) is 2.91. The van der Waals surface area contributed by atoms with Gasteiger partial charge in [0.2, 0.25) is 5.92 Å². The maximum absolute atomic E-state index is 12.8. The van der Waals surface area contributed by atoms with Crippen molar-refractivity contribution in [1.29, 1.82) is 0 Å². The lowest BCUT2D eigenvalue weighted by atomic mass is 9.91. The first-order chi connectivity index (χ1) is 10.4. The molecular formula is C15H19F6NO.